The summed E-state index contributed by atoms with van der Waals surface area (Å²) in [4.78, 5) is 13.2. The van der Waals surface area contributed by atoms with Crippen molar-refractivity contribution in [2.45, 2.75) is 493 Å². The van der Waals surface area contributed by atoms with Gasteiger partial charge in [-0.25, -0.2) is 0 Å². The second kappa shape index (κ2) is 73.4. The first-order valence-electron chi connectivity index (χ1n) is 42.1. The van der Waals surface area contributed by atoms with Crippen LogP contribution < -0.4 is 5.32 Å². The zero-order chi connectivity index (χ0) is 67.1. The van der Waals surface area contributed by atoms with Crippen LogP contribution in [0.3, 0.4) is 0 Å². The van der Waals surface area contributed by atoms with E-state index in [0.717, 1.165) is 38.5 Å². The summed E-state index contributed by atoms with van der Waals surface area (Å²) < 4.78 is 11.3. The van der Waals surface area contributed by atoms with Crippen molar-refractivity contribution in [1.82, 2.24) is 5.32 Å². The Bertz CT molecular complexity index is 1530. The number of allylic oxidation sites excluding steroid dienone is 3. The third-order valence-electron chi connectivity index (χ3n) is 20.5. The number of nitrogens with one attached hydrogen (secondary N) is 1. The fourth-order valence-corrected chi connectivity index (χ4v) is 14.0. The first kappa shape index (κ1) is 89.7. The summed E-state index contributed by atoms with van der Waals surface area (Å²) in [6, 6.07) is -0.821. The molecule has 1 fully saturated rings. The summed E-state index contributed by atoms with van der Waals surface area (Å²) >= 11 is 0. The van der Waals surface area contributed by atoms with Crippen LogP contribution in [0.1, 0.15) is 450 Å². The molecule has 0 spiro atoms. The van der Waals surface area contributed by atoms with Gasteiger partial charge in [0.05, 0.1) is 25.4 Å². The number of aliphatic hydroxyl groups is 5. The number of aliphatic hydroxyl groups excluding tert-OH is 5. The highest BCUT2D eigenvalue weighted by molar-refractivity contribution is 5.76. The molecule has 0 aliphatic carbocycles. The maximum absolute atomic E-state index is 13.2. The number of rotatable bonds is 76. The van der Waals surface area contributed by atoms with E-state index in [4.69, 9.17) is 9.47 Å². The highest BCUT2D eigenvalue weighted by Gasteiger charge is 2.44. The van der Waals surface area contributed by atoms with Gasteiger partial charge in [-0.3, -0.25) is 4.79 Å². The highest BCUT2D eigenvalue weighted by atomic mass is 16.7. The molecular weight excluding hydrogens is 1150 g/mol. The van der Waals surface area contributed by atoms with Crippen LogP contribution in [-0.2, 0) is 14.3 Å². The second-order valence-corrected chi connectivity index (χ2v) is 29.6. The van der Waals surface area contributed by atoms with E-state index in [1.54, 1.807) is 6.08 Å². The minimum absolute atomic E-state index is 0.176. The van der Waals surface area contributed by atoms with Gasteiger partial charge in [-0.2, -0.15) is 0 Å². The molecule has 0 aromatic carbocycles. The number of carbonyl (C=O) groups is 1. The summed E-state index contributed by atoms with van der Waals surface area (Å²) in [6.07, 6.45) is 92.2. The van der Waals surface area contributed by atoms with Gasteiger partial charge in [-0.1, -0.05) is 436 Å². The van der Waals surface area contributed by atoms with E-state index in [0.29, 0.717) is 6.42 Å². The molecule has 6 N–H and O–H groups in total. The lowest BCUT2D eigenvalue weighted by Crippen LogP contribution is -2.60. The summed E-state index contributed by atoms with van der Waals surface area (Å²) in [5.74, 6) is -0.176. The summed E-state index contributed by atoms with van der Waals surface area (Å²) in [5.41, 5.74) is 0. The first-order valence-corrected chi connectivity index (χ1v) is 42.1. The molecule has 552 valence electrons. The molecule has 9 heteroatoms. The Morgan fingerprint density at radius 1 is 0.355 bits per heavy atom. The van der Waals surface area contributed by atoms with Gasteiger partial charge in [-0.05, 0) is 32.1 Å². The van der Waals surface area contributed by atoms with Crippen LogP contribution in [0, 0.1) is 0 Å². The summed E-state index contributed by atoms with van der Waals surface area (Å²) in [5, 5.41) is 54.9. The number of hydrogen-bond donors (Lipinski definition) is 6. The minimum Gasteiger partial charge on any atom is -0.394 e. The third kappa shape index (κ3) is 61.5. The van der Waals surface area contributed by atoms with E-state index in [-0.39, 0.29) is 12.5 Å². The molecule has 0 aromatic heterocycles. The van der Waals surface area contributed by atoms with Crippen molar-refractivity contribution in [2.75, 3.05) is 13.2 Å². The Morgan fingerprint density at radius 2 is 0.613 bits per heavy atom. The maximum Gasteiger partial charge on any atom is 0.220 e. The predicted octanol–water partition coefficient (Wildman–Crippen LogP) is 24.3. The molecule has 1 aliphatic rings. The summed E-state index contributed by atoms with van der Waals surface area (Å²) in [7, 11) is 0. The molecule has 1 aliphatic heterocycles. The van der Waals surface area contributed by atoms with Crippen LogP contribution >= 0.6 is 0 Å². The average molecular weight is 1320 g/mol. The number of carbonyl (C=O) groups excluding carboxylic acids is 1. The second-order valence-electron chi connectivity index (χ2n) is 29.6. The Labute approximate surface area is 579 Å². The van der Waals surface area contributed by atoms with Crippen LogP contribution in [0.4, 0.5) is 0 Å². The Morgan fingerprint density at radius 3 is 0.903 bits per heavy atom. The topological polar surface area (TPSA) is 149 Å². The maximum atomic E-state index is 13.2. The molecule has 0 saturated carbocycles. The molecular formula is C84H163NO8. The van der Waals surface area contributed by atoms with Crippen LogP contribution in [-0.4, -0.2) is 87.5 Å². The molecule has 0 bridgehead atoms. The SMILES string of the molecule is CCCCCCCCCCCCCCCCCCCCCCCCCCCCC/C=C/CC/C=C/C(O)C(COC1OC(CO)C(O)C(O)C1O)NC(=O)CCCCCCCCCCCCCCCCCCCCCCCCCCCCCCCCCCCCCCC. The monoisotopic (exact) mass is 1310 g/mol. The first-order chi connectivity index (χ1) is 45.8. The van der Waals surface area contributed by atoms with Crippen molar-refractivity contribution in [1.29, 1.82) is 0 Å². The van der Waals surface area contributed by atoms with E-state index < -0.39 is 49.5 Å². The Balaban J connectivity index is 2.05. The molecule has 1 heterocycles. The number of unbranched alkanes of at least 4 members (excludes halogenated alkanes) is 64. The van der Waals surface area contributed by atoms with Gasteiger partial charge in [0.2, 0.25) is 5.91 Å². The van der Waals surface area contributed by atoms with Gasteiger partial charge in [0.25, 0.3) is 0 Å². The Hall–Kier alpha value is -1.33. The van der Waals surface area contributed by atoms with Crippen molar-refractivity contribution in [2.24, 2.45) is 0 Å². The van der Waals surface area contributed by atoms with Crippen LogP contribution in [0.15, 0.2) is 24.3 Å². The fourth-order valence-electron chi connectivity index (χ4n) is 14.0. The normalized spacial score (nSPS) is 17.6. The molecule has 1 saturated heterocycles. The smallest absolute Gasteiger partial charge is 0.220 e. The predicted molar refractivity (Wildman–Crippen MR) is 401 cm³/mol. The minimum atomic E-state index is -1.57. The Kier molecular flexibility index (Phi) is 70.8. The molecule has 1 amide bonds. The average Bonchev–Trinajstić information content (AvgIpc) is 1.01. The van der Waals surface area contributed by atoms with Gasteiger partial charge in [-0.15, -0.1) is 0 Å². The van der Waals surface area contributed by atoms with E-state index in [1.807, 2.05) is 6.08 Å². The number of ether oxygens (including phenoxy) is 2. The zero-order valence-corrected chi connectivity index (χ0v) is 62.3. The molecule has 93 heavy (non-hydrogen) atoms. The number of amides is 1. The van der Waals surface area contributed by atoms with Gasteiger partial charge in [0, 0.05) is 6.42 Å². The number of hydrogen-bond acceptors (Lipinski definition) is 8. The third-order valence-corrected chi connectivity index (χ3v) is 20.5. The fraction of sp³-hybridized carbons (Fsp3) is 0.940. The molecule has 7 unspecified atom stereocenters. The summed E-state index contributed by atoms with van der Waals surface area (Å²) in [6.45, 7) is 3.84. The van der Waals surface area contributed by atoms with Crippen molar-refractivity contribution < 1.29 is 39.8 Å². The van der Waals surface area contributed by atoms with Crippen LogP contribution in [0.5, 0.6) is 0 Å². The van der Waals surface area contributed by atoms with Gasteiger partial charge >= 0.3 is 0 Å². The molecule has 1 rings (SSSR count). The van der Waals surface area contributed by atoms with Gasteiger partial charge in [0.1, 0.15) is 24.4 Å². The van der Waals surface area contributed by atoms with Crippen molar-refractivity contribution in [3.63, 3.8) is 0 Å². The van der Waals surface area contributed by atoms with Gasteiger partial charge in [0.15, 0.2) is 6.29 Å². The van der Waals surface area contributed by atoms with E-state index in [9.17, 15) is 30.3 Å². The van der Waals surface area contributed by atoms with Crippen LogP contribution in [0.2, 0.25) is 0 Å². The lowest BCUT2D eigenvalue weighted by molar-refractivity contribution is -0.302. The molecule has 7 atom stereocenters. The zero-order valence-electron chi connectivity index (χ0n) is 62.3. The van der Waals surface area contributed by atoms with E-state index in [2.05, 4.69) is 31.3 Å². The quantitative estimate of drug-likeness (QED) is 0.0261. The van der Waals surface area contributed by atoms with E-state index in [1.165, 1.54) is 392 Å². The van der Waals surface area contributed by atoms with E-state index >= 15 is 0 Å². The van der Waals surface area contributed by atoms with Crippen LogP contribution in [0.25, 0.3) is 0 Å². The molecule has 0 aromatic rings. The largest absolute Gasteiger partial charge is 0.394 e. The molecule has 9 nitrogen and oxygen atoms in total. The van der Waals surface area contributed by atoms with Crippen molar-refractivity contribution in [3.05, 3.63) is 24.3 Å². The van der Waals surface area contributed by atoms with Crippen molar-refractivity contribution in [3.8, 4) is 0 Å². The lowest BCUT2D eigenvalue weighted by atomic mass is 9.99. The standard InChI is InChI=1S/C84H163NO8/c1-3-5-7-9-11-13-15-17-19-21-23-25-27-29-31-33-35-37-38-39-40-42-44-46-48-50-52-54-56-58-60-62-64-66-68-70-72-74-80(88)85-77(76-92-84-83(91)82(90)81(89)79(75-86)93-84)78(87)73-71-69-67-65-63-61-59-57-55-53-51-49-47-45-43-41-36-34-32-30-28-26-24-22-20-18-16-14-12-10-8-6-4-2/h63,65,71,73,77-79,81-84,86-87,89-91H,3-62,64,66-70,72,74-76H2,1-2H3,(H,85,88)/b65-63+,73-71+. The highest BCUT2D eigenvalue weighted by Crippen LogP contribution is 2.24. The van der Waals surface area contributed by atoms with Crippen molar-refractivity contribution >= 4 is 5.91 Å². The van der Waals surface area contributed by atoms with Gasteiger partial charge < -0.3 is 40.3 Å². The lowest BCUT2D eigenvalue weighted by Gasteiger charge is -2.40. The molecule has 0 radical (unpaired) electrons.